The molecule has 0 saturated carbocycles. The predicted molar refractivity (Wildman–Crippen MR) is 68.2 cm³/mol. The Morgan fingerprint density at radius 3 is 2.53 bits per heavy atom. The van der Waals surface area contributed by atoms with Crippen LogP contribution in [0, 0.1) is 0 Å². The quantitative estimate of drug-likeness (QED) is 0.734. The Bertz CT molecular complexity index is 535. The van der Waals surface area contributed by atoms with Gasteiger partial charge in [-0.1, -0.05) is 32.0 Å². The van der Waals surface area contributed by atoms with Crippen LogP contribution in [-0.2, 0) is 0 Å². The van der Waals surface area contributed by atoms with Crippen LogP contribution in [0.1, 0.15) is 42.8 Å². The number of benzene rings is 1. The van der Waals surface area contributed by atoms with Crippen LogP contribution in [0.4, 0.5) is 0 Å². The Balaban J connectivity index is 2.38. The first-order valence-electron chi connectivity index (χ1n) is 5.79. The van der Waals surface area contributed by atoms with Crippen LogP contribution in [0.25, 0.3) is 11.3 Å². The minimum atomic E-state index is 0.0717. The number of carbonyl (C=O) groups excluding carboxylic acids is 1. The number of hydrogen-bond acceptors (Lipinski definition) is 2. The van der Waals surface area contributed by atoms with Crippen LogP contribution in [0.5, 0.6) is 0 Å². The second-order valence-electron chi connectivity index (χ2n) is 4.49. The van der Waals surface area contributed by atoms with Gasteiger partial charge in [-0.15, -0.1) is 0 Å². The number of carbonyl (C=O) groups is 1. The fraction of sp³-hybridized carbons (Fsp3) is 0.267. The maximum Gasteiger partial charge on any atom is 0.159 e. The molecule has 1 heterocycles. The van der Waals surface area contributed by atoms with E-state index in [-0.39, 0.29) is 5.78 Å². The molecule has 2 aromatic rings. The molecule has 0 bridgehead atoms. The molecule has 0 N–H and O–H groups in total. The molecule has 0 aliphatic carbocycles. The highest BCUT2D eigenvalue weighted by Gasteiger charge is 2.08. The summed E-state index contributed by atoms with van der Waals surface area (Å²) in [7, 11) is 0. The van der Waals surface area contributed by atoms with Crippen LogP contribution in [0.3, 0.4) is 0 Å². The molecule has 0 atom stereocenters. The van der Waals surface area contributed by atoms with E-state index in [9.17, 15) is 4.79 Å². The van der Waals surface area contributed by atoms with Gasteiger partial charge in [0.1, 0.15) is 11.5 Å². The summed E-state index contributed by atoms with van der Waals surface area (Å²) < 4.78 is 5.75. The van der Waals surface area contributed by atoms with Crippen LogP contribution in [0.15, 0.2) is 40.8 Å². The molecule has 0 aliphatic rings. The van der Waals surface area contributed by atoms with Crippen molar-refractivity contribution in [3.63, 3.8) is 0 Å². The molecular formula is C15H16O2. The summed E-state index contributed by atoms with van der Waals surface area (Å²) in [6.07, 6.45) is 0. The average Bonchev–Trinajstić information content (AvgIpc) is 2.78. The Kier molecular flexibility index (Phi) is 3.14. The third kappa shape index (κ3) is 2.47. The van der Waals surface area contributed by atoms with E-state index in [1.54, 1.807) is 6.92 Å². The molecule has 0 spiro atoms. The van der Waals surface area contributed by atoms with Crippen molar-refractivity contribution in [3.05, 3.63) is 47.7 Å². The highest BCUT2D eigenvalue weighted by molar-refractivity contribution is 5.95. The van der Waals surface area contributed by atoms with Gasteiger partial charge in [0.15, 0.2) is 5.78 Å². The van der Waals surface area contributed by atoms with E-state index in [2.05, 4.69) is 13.8 Å². The molecule has 88 valence electrons. The van der Waals surface area contributed by atoms with Crippen LogP contribution < -0.4 is 0 Å². The molecule has 2 rings (SSSR count). The van der Waals surface area contributed by atoms with Gasteiger partial charge in [-0.3, -0.25) is 4.79 Å². The molecule has 0 saturated heterocycles. The highest BCUT2D eigenvalue weighted by atomic mass is 16.3. The van der Waals surface area contributed by atoms with Gasteiger partial charge >= 0.3 is 0 Å². The van der Waals surface area contributed by atoms with Crippen molar-refractivity contribution in [2.75, 3.05) is 0 Å². The largest absolute Gasteiger partial charge is 0.461 e. The Morgan fingerprint density at radius 1 is 1.18 bits per heavy atom. The monoisotopic (exact) mass is 228 g/mol. The average molecular weight is 228 g/mol. The van der Waals surface area contributed by atoms with Gasteiger partial charge in [0.25, 0.3) is 0 Å². The zero-order valence-electron chi connectivity index (χ0n) is 10.4. The molecule has 2 heteroatoms. The molecule has 17 heavy (non-hydrogen) atoms. The second-order valence-corrected chi connectivity index (χ2v) is 4.49. The fourth-order valence-electron chi connectivity index (χ4n) is 1.71. The maximum atomic E-state index is 11.3. The Hall–Kier alpha value is -1.83. The van der Waals surface area contributed by atoms with E-state index < -0.39 is 0 Å². The molecule has 2 nitrogen and oxygen atoms in total. The van der Waals surface area contributed by atoms with E-state index >= 15 is 0 Å². The van der Waals surface area contributed by atoms with Crippen LogP contribution in [0.2, 0.25) is 0 Å². The van der Waals surface area contributed by atoms with Crippen molar-refractivity contribution in [2.24, 2.45) is 0 Å². The third-order valence-electron chi connectivity index (χ3n) is 2.75. The predicted octanol–water partition coefficient (Wildman–Crippen LogP) is 4.27. The van der Waals surface area contributed by atoms with Crippen molar-refractivity contribution in [1.29, 1.82) is 0 Å². The van der Waals surface area contributed by atoms with Crippen molar-refractivity contribution in [2.45, 2.75) is 26.7 Å². The molecule has 0 fully saturated rings. The lowest BCUT2D eigenvalue weighted by molar-refractivity contribution is 0.101. The summed E-state index contributed by atoms with van der Waals surface area (Å²) in [5, 5.41) is 0. The number of ketones is 1. The van der Waals surface area contributed by atoms with Crippen molar-refractivity contribution < 1.29 is 9.21 Å². The van der Waals surface area contributed by atoms with E-state index in [0.29, 0.717) is 11.5 Å². The van der Waals surface area contributed by atoms with Gasteiger partial charge in [-0.25, -0.2) is 0 Å². The molecule has 1 aromatic carbocycles. The first-order chi connectivity index (χ1) is 8.08. The zero-order chi connectivity index (χ0) is 12.4. The number of furan rings is 1. The van der Waals surface area contributed by atoms with E-state index in [1.807, 2.05) is 36.4 Å². The number of rotatable bonds is 3. The minimum Gasteiger partial charge on any atom is -0.461 e. The van der Waals surface area contributed by atoms with Gasteiger partial charge in [0.2, 0.25) is 0 Å². The van der Waals surface area contributed by atoms with Crippen molar-refractivity contribution >= 4 is 5.78 Å². The summed E-state index contributed by atoms with van der Waals surface area (Å²) in [5.41, 5.74) is 1.66. The van der Waals surface area contributed by atoms with Gasteiger partial charge in [0.05, 0.1) is 0 Å². The van der Waals surface area contributed by atoms with E-state index in [1.165, 1.54) is 0 Å². The third-order valence-corrected chi connectivity index (χ3v) is 2.75. The first kappa shape index (κ1) is 11.6. The van der Waals surface area contributed by atoms with Crippen LogP contribution in [-0.4, -0.2) is 5.78 Å². The number of hydrogen-bond donors (Lipinski definition) is 0. The molecule has 0 amide bonds. The van der Waals surface area contributed by atoms with E-state index in [4.69, 9.17) is 4.42 Å². The Morgan fingerprint density at radius 2 is 1.94 bits per heavy atom. The van der Waals surface area contributed by atoms with Gasteiger partial charge < -0.3 is 4.42 Å². The summed E-state index contributed by atoms with van der Waals surface area (Å²) in [4.78, 5) is 11.3. The van der Waals surface area contributed by atoms with Crippen molar-refractivity contribution in [3.8, 4) is 11.3 Å². The molecule has 0 unspecified atom stereocenters. The molecular weight excluding hydrogens is 212 g/mol. The molecule has 0 aliphatic heterocycles. The van der Waals surface area contributed by atoms with Gasteiger partial charge in [-0.2, -0.15) is 0 Å². The van der Waals surface area contributed by atoms with Gasteiger partial charge in [0, 0.05) is 17.0 Å². The fourth-order valence-corrected chi connectivity index (χ4v) is 1.71. The topological polar surface area (TPSA) is 30.2 Å². The Labute approximate surface area is 101 Å². The summed E-state index contributed by atoms with van der Waals surface area (Å²) >= 11 is 0. The minimum absolute atomic E-state index is 0.0717. The molecule has 1 aromatic heterocycles. The van der Waals surface area contributed by atoms with E-state index in [0.717, 1.165) is 17.1 Å². The number of Topliss-reactive ketones (excluding diaryl/α,β-unsaturated/α-hetero) is 1. The maximum absolute atomic E-state index is 11.3. The van der Waals surface area contributed by atoms with Crippen molar-refractivity contribution in [1.82, 2.24) is 0 Å². The summed E-state index contributed by atoms with van der Waals surface area (Å²) in [6, 6.07) is 11.5. The lowest BCUT2D eigenvalue weighted by Crippen LogP contribution is -1.91. The SMILES string of the molecule is CC(=O)c1cccc(-c2ccc(C(C)C)o2)c1. The summed E-state index contributed by atoms with van der Waals surface area (Å²) in [6.45, 7) is 5.75. The lowest BCUT2D eigenvalue weighted by Gasteiger charge is -2.01. The molecule has 0 radical (unpaired) electrons. The standard InChI is InChI=1S/C15H16O2/c1-10(2)14-7-8-15(17-14)13-6-4-5-12(9-13)11(3)16/h4-10H,1-3H3. The lowest BCUT2D eigenvalue weighted by atomic mass is 10.1. The zero-order valence-corrected chi connectivity index (χ0v) is 10.4. The first-order valence-corrected chi connectivity index (χ1v) is 5.79. The summed E-state index contributed by atoms with van der Waals surface area (Å²) in [5.74, 6) is 2.23. The second kappa shape index (κ2) is 4.58. The van der Waals surface area contributed by atoms with Gasteiger partial charge in [-0.05, 0) is 25.1 Å². The van der Waals surface area contributed by atoms with Crippen LogP contribution >= 0.6 is 0 Å². The highest BCUT2D eigenvalue weighted by Crippen LogP contribution is 2.26. The normalized spacial score (nSPS) is 10.8. The smallest absolute Gasteiger partial charge is 0.159 e.